The molecule has 4 heteroatoms. The van der Waals surface area contributed by atoms with Gasteiger partial charge in [-0.3, -0.25) is 0 Å². The van der Waals surface area contributed by atoms with Crippen LogP contribution in [0.2, 0.25) is 0 Å². The van der Waals surface area contributed by atoms with Crippen LogP contribution < -0.4 is 5.32 Å². The molecule has 1 aromatic heterocycles. The van der Waals surface area contributed by atoms with Crippen LogP contribution in [0, 0.1) is 5.41 Å². The molecule has 1 N–H and O–H groups in total. The molecule has 114 valence electrons. The molecule has 1 heterocycles. The number of nitrogens with zero attached hydrogens (tertiary/aromatic N) is 1. The summed E-state index contributed by atoms with van der Waals surface area (Å²) in [6.45, 7) is 10.0. The average Bonchev–Trinajstić information content (AvgIpc) is 2.80. The topological polar surface area (TPSA) is 43.3 Å². The zero-order chi connectivity index (χ0) is 15.5. The van der Waals surface area contributed by atoms with Crippen molar-refractivity contribution in [1.29, 1.82) is 0 Å². The Kier molecular flexibility index (Phi) is 4.56. The van der Waals surface area contributed by atoms with Crippen molar-refractivity contribution in [1.82, 2.24) is 9.88 Å². The molecule has 1 aromatic carbocycles. The van der Waals surface area contributed by atoms with E-state index in [4.69, 9.17) is 4.74 Å². The number of benzene rings is 1. The smallest absolute Gasteiger partial charge is 0.407 e. The minimum atomic E-state index is -0.363. The summed E-state index contributed by atoms with van der Waals surface area (Å²) in [7, 11) is 0. The number of carbonyl (C=O) groups excluding carboxylic acids is 1. The number of hydrogen-bond acceptors (Lipinski definition) is 2. The first-order chi connectivity index (χ1) is 9.90. The van der Waals surface area contributed by atoms with Crippen molar-refractivity contribution in [2.45, 2.75) is 40.8 Å². The van der Waals surface area contributed by atoms with Crippen LogP contribution in [0.4, 0.5) is 4.79 Å². The molecule has 2 aromatic rings. The highest BCUT2D eigenvalue weighted by atomic mass is 16.5. The second kappa shape index (κ2) is 6.20. The molecular formula is C17H24N2O2. The zero-order valence-corrected chi connectivity index (χ0v) is 13.3. The predicted octanol–water partition coefficient (Wildman–Crippen LogP) is 3.93. The van der Waals surface area contributed by atoms with E-state index < -0.39 is 0 Å². The fraction of sp³-hybridized carbons (Fsp3) is 0.471. The molecule has 0 aliphatic carbocycles. The Morgan fingerprint density at radius 2 is 2.00 bits per heavy atom. The van der Waals surface area contributed by atoms with Gasteiger partial charge < -0.3 is 14.6 Å². The summed E-state index contributed by atoms with van der Waals surface area (Å²) in [5.41, 5.74) is 1.09. The normalized spacial score (nSPS) is 11.6. The van der Waals surface area contributed by atoms with Crippen LogP contribution in [0.25, 0.3) is 10.8 Å². The zero-order valence-electron chi connectivity index (χ0n) is 13.3. The molecule has 0 bridgehead atoms. The van der Waals surface area contributed by atoms with Gasteiger partial charge in [-0.2, -0.15) is 0 Å². The van der Waals surface area contributed by atoms with E-state index in [0.717, 1.165) is 17.6 Å². The predicted molar refractivity (Wildman–Crippen MR) is 85.3 cm³/mol. The molecule has 0 spiro atoms. The van der Waals surface area contributed by atoms with Crippen molar-refractivity contribution in [3.63, 3.8) is 0 Å². The third-order valence-electron chi connectivity index (χ3n) is 3.36. The number of ether oxygens (including phenoxy) is 1. The van der Waals surface area contributed by atoms with Crippen molar-refractivity contribution < 1.29 is 9.53 Å². The summed E-state index contributed by atoms with van der Waals surface area (Å²) in [6, 6.07) is 8.16. The van der Waals surface area contributed by atoms with Crippen molar-refractivity contribution in [2.24, 2.45) is 5.41 Å². The van der Waals surface area contributed by atoms with E-state index in [1.807, 2.05) is 12.1 Å². The molecule has 0 saturated heterocycles. The van der Waals surface area contributed by atoms with E-state index in [1.54, 1.807) is 0 Å². The molecular weight excluding hydrogens is 264 g/mol. The van der Waals surface area contributed by atoms with Gasteiger partial charge in [0.25, 0.3) is 0 Å². The molecule has 21 heavy (non-hydrogen) atoms. The highest BCUT2D eigenvalue weighted by Gasteiger charge is 2.14. The van der Waals surface area contributed by atoms with Gasteiger partial charge in [0, 0.05) is 24.7 Å². The van der Waals surface area contributed by atoms with Gasteiger partial charge in [-0.05, 0) is 17.7 Å². The van der Waals surface area contributed by atoms with Crippen molar-refractivity contribution in [3.8, 4) is 0 Å². The van der Waals surface area contributed by atoms with Crippen LogP contribution >= 0.6 is 0 Å². The fourth-order valence-electron chi connectivity index (χ4n) is 2.24. The number of hydrogen-bond donors (Lipinski definition) is 1. The minimum absolute atomic E-state index is 0.0509. The average molecular weight is 288 g/mol. The SMILES string of the molecule is CCn1cc2ccccc2c1COC(=O)NCC(C)(C)C. The summed E-state index contributed by atoms with van der Waals surface area (Å²) in [4.78, 5) is 11.8. The van der Waals surface area contributed by atoms with Gasteiger partial charge in [0.2, 0.25) is 0 Å². The Hall–Kier alpha value is -1.97. The Bertz CT molecular complexity index is 623. The van der Waals surface area contributed by atoms with E-state index in [0.29, 0.717) is 6.54 Å². The number of fused-ring (bicyclic) bond motifs is 1. The van der Waals surface area contributed by atoms with Gasteiger partial charge in [0.15, 0.2) is 0 Å². The summed E-state index contributed by atoms with van der Waals surface area (Å²) in [5, 5.41) is 5.12. The Morgan fingerprint density at radius 3 is 2.67 bits per heavy atom. The van der Waals surface area contributed by atoms with E-state index in [2.05, 4.69) is 55.9 Å². The molecule has 0 fully saturated rings. The third-order valence-corrected chi connectivity index (χ3v) is 3.36. The number of nitrogens with one attached hydrogen (secondary N) is 1. The molecule has 0 aliphatic heterocycles. The van der Waals surface area contributed by atoms with Gasteiger partial charge in [-0.25, -0.2) is 4.79 Å². The standard InChI is InChI=1S/C17H24N2O2/c1-5-19-10-13-8-6-7-9-14(13)15(19)11-21-16(20)18-12-17(2,3)4/h6-10H,5,11-12H2,1-4H3,(H,18,20). The molecule has 4 nitrogen and oxygen atoms in total. The number of amides is 1. The monoisotopic (exact) mass is 288 g/mol. The van der Waals surface area contributed by atoms with Crippen LogP contribution in [0.1, 0.15) is 33.4 Å². The first-order valence-corrected chi connectivity index (χ1v) is 7.38. The van der Waals surface area contributed by atoms with Gasteiger partial charge >= 0.3 is 6.09 Å². The second-order valence-corrected chi connectivity index (χ2v) is 6.44. The maximum absolute atomic E-state index is 11.8. The van der Waals surface area contributed by atoms with Crippen LogP contribution in [-0.2, 0) is 17.9 Å². The molecule has 0 radical (unpaired) electrons. The minimum Gasteiger partial charge on any atom is -0.443 e. The first-order valence-electron chi connectivity index (χ1n) is 7.38. The molecule has 0 saturated carbocycles. The maximum atomic E-state index is 11.8. The highest BCUT2D eigenvalue weighted by Crippen LogP contribution is 2.22. The van der Waals surface area contributed by atoms with Gasteiger partial charge in [0.05, 0.1) is 5.69 Å². The largest absolute Gasteiger partial charge is 0.443 e. The van der Waals surface area contributed by atoms with Crippen molar-refractivity contribution in [3.05, 3.63) is 36.2 Å². The maximum Gasteiger partial charge on any atom is 0.407 e. The summed E-state index contributed by atoms with van der Waals surface area (Å²) < 4.78 is 7.49. The lowest BCUT2D eigenvalue weighted by atomic mass is 9.97. The molecule has 2 rings (SSSR count). The van der Waals surface area contributed by atoms with E-state index in [1.165, 1.54) is 5.39 Å². The van der Waals surface area contributed by atoms with Crippen LogP contribution in [0.5, 0.6) is 0 Å². The van der Waals surface area contributed by atoms with E-state index in [-0.39, 0.29) is 18.1 Å². The first kappa shape index (κ1) is 15.4. The quantitative estimate of drug-likeness (QED) is 0.926. The van der Waals surface area contributed by atoms with Gasteiger partial charge in [-0.1, -0.05) is 45.0 Å². The number of aromatic nitrogens is 1. The second-order valence-electron chi connectivity index (χ2n) is 6.44. The Labute approximate surface area is 126 Å². The number of rotatable bonds is 4. The number of carbonyl (C=O) groups is 1. The summed E-state index contributed by atoms with van der Waals surface area (Å²) in [5.74, 6) is 0. The molecule has 0 unspecified atom stereocenters. The molecule has 1 amide bonds. The fourth-order valence-corrected chi connectivity index (χ4v) is 2.24. The van der Waals surface area contributed by atoms with Crippen molar-refractivity contribution >= 4 is 16.9 Å². The lowest BCUT2D eigenvalue weighted by molar-refractivity contribution is 0.134. The lowest BCUT2D eigenvalue weighted by Gasteiger charge is -2.18. The van der Waals surface area contributed by atoms with Crippen LogP contribution in [0.15, 0.2) is 30.5 Å². The van der Waals surface area contributed by atoms with E-state index in [9.17, 15) is 4.79 Å². The number of alkyl carbamates (subject to hydrolysis) is 1. The summed E-state index contributed by atoms with van der Waals surface area (Å²) in [6.07, 6.45) is 1.74. The number of aryl methyl sites for hydroxylation is 1. The van der Waals surface area contributed by atoms with Crippen LogP contribution in [-0.4, -0.2) is 17.2 Å². The Balaban J connectivity index is 2.04. The third kappa shape index (κ3) is 4.00. The molecule has 0 atom stereocenters. The van der Waals surface area contributed by atoms with Gasteiger partial charge in [-0.15, -0.1) is 0 Å². The summed E-state index contributed by atoms with van der Waals surface area (Å²) >= 11 is 0. The lowest BCUT2D eigenvalue weighted by Crippen LogP contribution is -2.32. The van der Waals surface area contributed by atoms with Gasteiger partial charge in [0.1, 0.15) is 6.61 Å². The highest BCUT2D eigenvalue weighted by molar-refractivity contribution is 5.85. The molecule has 0 aliphatic rings. The Morgan fingerprint density at radius 1 is 1.29 bits per heavy atom. The van der Waals surface area contributed by atoms with E-state index >= 15 is 0 Å². The van der Waals surface area contributed by atoms with Crippen molar-refractivity contribution in [2.75, 3.05) is 6.54 Å². The van der Waals surface area contributed by atoms with Crippen LogP contribution in [0.3, 0.4) is 0 Å².